The molecule has 0 radical (unpaired) electrons. The lowest BCUT2D eigenvalue weighted by atomic mass is 10.1. The number of nitrogens with one attached hydrogen (secondary N) is 1. The maximum absolute atomic E-state index is 12.5. The lowest BCUT2D eigenvalue weighted by Gasteiger charge is -2.15. The second-order valence-corrected chi connectivity index (χ2v) is 7.79. The van der Waals surface area contributed by atoms with Crippen molar-refractivity contribution in [3.63, 3.8) is 0 Å². The number of carbonyl (C=O) groups excluding carboxylic acids is 1. The fraction of sp³-hybridized carbons (Fsp3) is 0.333. The Bertz CT molecular complexity index is 1040. The fourth-order valence-corrected chi connectivity index (χ4v) is 3.47. The number of pyridine rings is 1. The van der Waals surface area contributed by atoms with Gasteiger partial charge in [-0.15, -0.1) is 16.9 Å². The van der Waals surface area contributed by atoms with Crippen LogP contribution in [-0.4, -0.2) is 54.6 Å². The summed E-state index contributed by atoms with van der Waals surface area (Å²) in [6, 6.07) is 14.8. The number of hydrogen-bond acceptors (Lipinski definition) is 9. The molecular weight excluding hydrogens is 430 g/mol. The van der Waals surface area contributed by atoms with Crippen molar-refractivity contribution >= 4 is 29.2 Å². The molecule has 1 amide bonds. The maximum Gasteiger partial charge on any atom is 0.265 e. The second kappa shape index (κ2) is 11.9. The third-order valence-corrected chi connectivity index (χ3v) is 5.14. The third kappa shape index (κ3) is 6.34. The van der Waals surface area contributed by atoms with Gasteiger partial charge in [0.15, 0.2) is 17.8 Å². The smallest absolute Gasteiger partial charge is 0.265 e. The van der Waals surface area contributed by atoms with Crippen molar-refractivity contribution in [3.05, 3.63) is 65.6 Å². The SMILES string of the molecule is CCOC(SCC)C(=O)Nc1cccc(CO/N=C(/c2ccccc2)c2nnnn2C)n1. The van der Waals surface area contributed by atoms with Crippen molar-refractivity contribution in [1.82, 2.24) is 25.2 Å². The molecule has 1 aromatic carbocycles. The highest BCUT2D eigenvalue weighted by Gasteiger charge is 2.19. The zero-order valence-electron chi connectivity index (χ0n) is 18.1. The average Bonchev–Trinajstić information content (AvgIpc) is 3.23. The molecule has 0 aliphatic rings. The van der Waals surface area contributed by atoms with Crippen molar-refractivity contribution in [1.29, 1.82) is 0 Å². The lowest BCUT2D eigenvalue weighted by molar-refractivity contribution is -0.122. The molecule has 2 aromatic heterocycles. The Morgan fingerprint density at radius 1 is 1.19 bits per heavy atom. The molecule has 0 saturated carbocycles. The Labute approximate surface area is 190 Å². The number of ether oxygens (including phenoxy) is 1. The normalized spacial score (nSPS) is 12.4. The molecule has 2 heterocycles. The topological polar surface area (TPSA) is 116 Å². The number of rotatable bonds is 11. The largest absolute Gasteiger partial charge is 0.389 e. The van der Waals surface area contributed by atoms with E-state index in [1.807, 2.05) is 44.2 Å². The summed E-state index contributed by atoms with van der Waals surface area (Å²) in [6.07, 6.45) is 0. The summed E-state index contributed by atoms with van der Waals surface area (Å²) in [7, 11) is 1.73. The first kappa shape index (κ1) is 23.4. The number of aromatic nitrogens is 5. The second-order valence-electron chi connectivity index (χ2n) is 6.45. The van der Waals surface area contributed by atoms with Crippen LogP contribution in [0, 0.1) is 0 Å². The quantitative estimate of drug-likeness (QED) is 0.266. The Hall–Kier alpha value is -3.31. The van der Waals surface area contributed by atoms with E-state index in [4.69, 9.17) is 9.57 Å². The van der Waals surface area contributed by atoms with Gasteiger partial charge in [0.25, 0.3) is 5.91 Å². The highest BCUT2D eigenvalue weighted by molar-refractivity contribution is 8.00. The van der Waals surface area contributed by atoms with Gasteiger partial charge in [0.05, 0.1) is 5.69 Å². The summed E-state index contributed by atoms with van der Waals surface area (Å²) in [5.41, 5.74) is 1.34. The summed E-state index contributed by atoms with van der Waals surface area (Å²) in [4.78, 5) is 22.5. The molecule has 3 aromatic rings. The minimum atomic E-state index is -0.579. The predicted molar refractivity (Wildman–Crippen MR) is 122 cm³/mol. The molecule has 1 atom stereocenters. The van der Waals surface area contributed by atoms with Gasteiger partial charge in [-0.25, -0.2) is 9.67 Å². The number of amides is 1. The van der Waals surface area contributed by atoms with Gasteiger partial charge < -0.3 is 14.9 Å². The molecule has 0 spiro atoms. The van der Waals surface area contributed by atoms with Gasteiger partial charge in [0, 0.05) is 19.2 Å². The summed E-state index contributed by atoms with van der Waals surface area (Å²) < 4.78 is 7.01. The Kier molecular flexibility index (Phi) is 8.70. The van der Waals surface area contributed by atoms with Crippen LogP contribution in [-0.2, 0) is 28.0 Å². The van der Waals surface area contributed by atoms with Crippen molar-refractivity contribution in [2.75, 3.05) is 17.7 Å². The molecule has 32 heavy (non-hydrogen) atoms. The number of hydrogen-bond donors (Lipinski definition) is 1. The molecule has 0 fully saturated rings. The standard InChI is InChI=1S/C21H25N7O3S/c1-4-30-21(32-5-2)20(29)23-17-13-9-12-16(22-17)14-31-25-18(15-10-7-6-8-11-15)19-24-26-27-28(19)3/h6-13,21H,4-5,14H2,1-3H3,(H,22,23,29)/b25-18-. The zero-order valence-corrected chi connectivity index (χ0v) is 19.0. The number of thioether (sulfide) groups is 1. The molecular formula is C21H25N7O3S. The Balaban J connectivity index is 1.70. The van der Waals surface area contributed by atoms with Crippen LogP contribution in [0.1, 0.15) is 30.9 Å². The summed E-state index contributed by atoms with van der Waals surface area (Å²) >= 11 is 1.42. The lowest BCUT2D eigenvalue weighted by Crippen LogP contribution is -2.28. The van der Waals surface area contributed by atoms with Crippen LogP contribution in [0.2, 0.25) is 0 Å². The molecule has 0 aliphatic heterocycles. The fourth-order valence-electron chi connectivity index (χ4n) is 2.73. The molecule has 0 aliphatic carbocycles. The predicted octanol–water partition coefficient (Wildman–Crippen LogP) is 2.63. The Morgan fingerprint density at radius 2 is 2.00 bits per heavy atom. The Morgan fingerprint density at radius 3 is 2.69 bits per heavy atom. The minimum Gasteiger partial charge on any atom is -0.389 e. The van der Waals surface area contributed by atoms with Gasteiger partial charge in [-0.1, -0.05) is 48.5 Å². The number of benzene rings is 1. The summed E-state index contributed by atoms with van der Waals surface area (Å²) in [6.45, 7) is 4.38. The van der Waals surface area contributed by atoms with Gasteiger partial charge in [-0.2, -0.15) is 0 Å². The first-order valence-corrected chi connectivity index (χ1v) is 11.1. The van der Waals surface area contributed by atoms with Gasteiger partial charge in [-0.3, -0.25) is 4.79 Å². The molecule has 1 unspecified atom stereocenters. The van der Waals surface area contributed by atoms with Crippen LogP contribution in [0.25, 0.3) is 0 Å². The van der Waals surface area contributed by atoms with Crippen molar-refractivity contribution < 1.29 is 14.4 Å². The minimum absolute atomic E-state index is 0.101. The summed E-state index contributed by atoms with van der Waals surface area (Å²) in [5, 5.41) is 18.6. The molecule has 0 saturated heterocycles. The van der Waals surface area contributed by atoms with Gasteiger partial charge >= 0.3 is 0 Å². The van der Waals surface area contributed by atoms with E-state index in [9.17, 15) is 4.79 Å². The molecule has 3 rings (SSSR count). The monoisotopic (exact) mass is 455 g/mol. The van der Waals surface area contributed by atoms with Crippen LogP contribution in [0.4, 0.5) is 5.82 Å². The molecule has 0 bridgehead atoms. The van der Waals surface area contributed by atoms with Crippen LogP contribution < -0.4 is 5.32 Å². The molecule has 168 valence electrons. The first-order chi connectivity index (χ1) is 15.6. The third-order valence-electron chi connectivity index (χ3n) is 4.16. The van der Waals surface area contributed by atoms with E-state index in [1.165, 1.54) is 16.4 Å². The zero-order chi connectivity index (χ0) is 22.8. The van der Waals surface area contributed by atoms with Crippen molar-refractivity contribution in [3.8, 4) is 0 Å². The van der Waals surface area contributed by atoms with E-state index < -0.39 is 5.44 Å². The molecule has 1 N–H and O–H groups in total. The van der Waals surface area contributed by atoms with Crippen LogP contribution in [0.5, 0.6) is 0 Å². The van der Waals surface area contributed by atoms with E-state index in [0.29, 0.717) is 29.7 Å². The summed E-state index contributed by atoms with van der Waals surface area (Å²) in [5.74, 6) is 1.41. The van der Waals surface area contributed by atoms with Gasteiger partial charge in [0.2, 0.25) is 5.82 Å². The number of nitrogens with zero attached hydrogens (tertiary/aromatic N) is 6. The van der Waals surface area contributed by atoms with Crippen LogP contribution in [0.3, 0.4) is 0 Å². The number of aryl methyl sites for hydroxylation is 1. The number of oxime groups is 1. The number of carbonyl (C=O) groups is 1. The molecule has 11 heteroatoms. The maximum atomic E-state index is 12.5. The number of tetrazole rings is 1. The van der Waals surface area contributed by atoms with E-state index in [0.717, 1.165) is 11.3 Å². The number of anilines is 1. The van der Waals surface area contributed by atoms with E-state index in [1.54, 1.807) is 25.2 Å². The van der Waals surface area contributed by atoms with Gasteiger partial charge in [-0.05, 0) is 35.2 Å². The van der Waals surface area contributed by atoms with Crippen molar-refractivity contribution in [2.45, 2.75) is 25.9 Å². The van der Waals surface area contributed by atoms with Crippen LogP contribution in [0.15, 0.2) is 53.7 Å². The first-order valence-electron chi connectivity index (χ1n) is 10.1. The average molecular weight is 456 g/mol. The van der Waals surface area contributed by atoms with Gasteiger partial charge in [0.1, 0.15) is 5.82 Å². The van der Waals surface area contributed by atoms with Crippen LogP contribution >= 0.6 is 11.8 Å². The van der Waals surface area contributed by atoms with E-state index >= 15 is 0 Å². The highest BCUT2D eigenvalue weighted by atomic mass is 32.2. The van der Waals surface area contributed by atoms with Crippen molar-refractivity contribution in [2.24, 2.45) is 12.2 Å². The highest BCUT2D eigenvalue weighted by Crippen LogP contribution is 2.15. The van der Waals surface area contributed by atoms with E-state index in [2.05, 4.69) is 31.0 Å². The van der Waals surface area contributed by atoms with E-state index in [-0.39, 0.29) is 12.5 Å². The molecule has 10 nitrogen and oxygen atoms in total.